The highest BCUT2D eigenvalue weighted by molar-refractivity contribution is 5.97. The first-order valence-corrected chi connectivity index (χ1v) is 14.1. The molecule has 3 aliphatic rings. The highest BCUT2D eigenvalue weighted by Crippen LogP contribution is 2.47. The molecule has 5 heterocycles. The number of aromatic nitrogens is 3. The largest absolute Gasteiger partial charge is 0.419 e. The van der Waals surface area contributed by atoms with Crippen molar-refractivity contribution < 1.29 is 31.5 Å². The van der Waals surface area contributed by atoms with Crippen molar-refractivity contribution in [2.75, 3.05) is 11.6 Å². The zero-order valence-electron chi connectivity index (χ0n) is 23.1. The summed E-state index contributed by atoms with van der Waals surface area (Å²) in [7, 11) is 0. The van der Waals surface area contributed by atoms with Crippen molar-refractivity contribution >= 4 is 17.5 Å². The summed E-state index contributed by atoms with van der Waals surface area (Å²) < 4.78 is 69.6. The van der Waals surface area contributed by atoms with Crippen molar-refractivity contribution in [2.45, 2.75) is 49.5 Å². The number of nitrogens with one attached hydrogen (secondary N) is 1. The fourth-order valence-electron chi connectivity index (χ4n) is 6.91. The van der Waals surface area contributed by atoms with Gasteiger partial charge in [0.2, 0.25) is 5.91 Å². The van der Waals surface area contributed by atoms with Crippen LogP contribution in [0.3, 0.4) is 0 Å². The van der Waals surface area contributed by atoms with Crippen LogP contribution >= 0.6 is 0 Å². The maximum absolute atomic E-state index is 14.1. The third kappa shape index (κ3) is 4.49. The van der Waals surface area contributed by atoms with E-state index in [0.717, 1.165) is 6.07 Å². The van der Waals surface area contributed by atoms with Crippen LogP contribution in [0.1, 0.15) is 41.7 Å². The molecule has 8 nitrogen and oxygen atoms in total. The molecular formula is C31H25F5N6O2. The van der Waals surface area contributed by atoms with E-state index < -0.39 is 29.0 Å². The summed E-state index contributed by atoms with van der Waals surface area (Å²) in [6.45, 7) is 0.258. The normalized spacial score (nSPS) is 23.0. The third-order valence-corrected chi connectivity index (χ3v) is 8.86. The molecule has 2 amide bonds. The van der Waals surface area contributed by atoms with Gasteiger partial charge in [0, 0.05) is 48.6 Å². The number of piperidine rings is 1. The number of nitrogens with zero attached hydrogens (tertiary/aromatic N) is 5. The SMILES string of the molecule is O=C(c1cc(-c2cccnc2)n(-c2ccc(F)c(C(F)(F)F)c2)n1)N1C2CCC1CC1(C2)C(=O)NCN1c1ccc(F)cc1. The lowest BCUT2D eigenvalue weighted by molar-refractivity contribution is -0.140. The van der Waals surface area contributed by atoms with E-state index in [2.05, 4.69) is 15.4 Å². The van der Waals surface area contributed by atoms with Crippen LogP contribution in [0.4, 0.5) is 27.6 Å². The topological polar surface area (TPSA) is 83.4 Å². The summed E-state index contributed by atoms with van der Waals surface area (Å²) in [6.07, 6.45) is 0.108. The summed E-state index contributed by atoms with van der Waals surface area (Å²) in [6, 6.07) is 12.7. The van der Waals surface area contributed by atoms with Gasteiger partial charge in [-0.2, -0.15) is 18.3 Å². The first kappa shape index (κ1) is 28.0. The first-order valence-electron chi connectivity index (χ1n) is 14.1. The fraction of sp³-hybridized carbons (Fsp3) is 0.290. The molecule has 13 heteroatoms. The molecule has 2 bridgehead atoms. The quantitative estimate of drug-likeness (QED) is 0.317. The van der Waals surface area contributed by atoms with Crippen LogP contribution in [0, 0.1) is 11.6 Å². The van der Waals surface area contributed by atoms with Gasteiger partial charge in [0.05, 0.1) is 23.6 Å². The van der Waals surface area contributed by atoms with Gasteiger partial charge < -0.3 is 15.1 Å². The summed E-state index contributed by atoms with van der Waals surface area (Å²) >= 11 is 0. The zero-order chi connectivity index (χ0) is 30.8. The van der Waals surface area contributed by atoms with Crippen LogP contribution in [-0.4, -0.2) is 55.8 Å². The van der Waals surface area contributed by atoms with E-state index in [1.165, 1.54) is 41.3 Å². The van der Waals surface area contributed by atoms with E-state index in [9.17, 15) is 31.5 Å². The molecule has 3 saturated heterocycles. The van der Waals surface area contributed by atoms with Gasteiger partial charge in [-0.15, -0.1) is 0 Å². The molecule has 226 valence electrons. The van der Waals surface area contributed by atoms with E-state index in [4.69, 9.17) is 0 Å². The van der Waals surface area contributed by atoms with Crippen LogP contribution in [0.15, 0.2) is 73.1 Å². The highest BCUT2D eigenvalue weighted by Gasteiger charge is 2.58. The van der Waals surface area contributed by atoms with Crippen LogP contribution < -0.4 is 10.2 Å². The molecule has 7 rings (SSSR count). The Hall–Kier alpha value is -4.81. The number of hydrogen-bond acceptors (Lipinski definition) is 5. The number of alkyl halides is 3. The summed E-state index contributed by atoms with van der Waals surface area (Å²) in [5.41, 5.74) is -0.940. The van der Waals surface area contributed by atoms with Gasteiger partial charge >= 0.3 is 6.18 Å². The number of halogens is 5. The number of benzene rings is 2. The number of pyridine rings is 1. The lowest BCUT2D eigenvalue weighted by Crippen LogP contribution is -2.61. The Kier molecular flexibility index (Phi) is 6.45. The van der Waals surface area contributed by atoms with Gasteiger partial charge in [0.1, 0.15) is 17.2 Å². The van der Waals surface area contributed by atoms with Crippen molar-refractivity contribution in [2.24, 2.45) is 0 Å². The van der Waals surface area contributed by atoms with Crippen LogP contribution in [-0.2, 0) is 11.0 Å². The molecule has 0 saturated carbocycles. The molecule has 1 N–H and O–H groups in total. The summed E-state index contributed by atoms with van der Waals surface area (Å²) in [5, 5.41) is 7.35. The lowest BCUT2D eigenvalue weighted by Gasteiger charge is -2.47. The number of rotatable bonds is 4. The minimum absolute atomic E-state index is 0.000788. The number of amides is 2. The maximum atomic E-state index is 14.1. The molecule has 44 heavy (non-hydrogen) atoms. The minimum atomic E-state index is -4.93. The average Bonchev–Trinajstić information content (AvgIpc) is 3.66. The van der Waals surface area contributed by atoms with Crippen molar-refractivity contribution in [3.05, 3.63) is 95.9 Å². The Balaban J connectivity index is 1.24. The first-order chi connectivity index (χ1) is 21.0. The number of fused-ring (bicyclic) bond motifs is 2. The zero-order valence-corrected chi connectivity index (χ0v) is 23.1. The van der Waals surface area contributed by atoms with Gasteiger partial charge in [-0.1, -0.05) is 0 Å². The average molecular weight is 609 g/mol. The molecule has 2 aromatic heterocycles. The van der Waals surface area contributed by atoms with Crippen molar-refractivity contribution in [3.63, 3.8) is 0 Å². The van der Waals surface area contributed by atoms with Crippen LogP contribution in [0.5, 0.6) is 0 Å². The molecule has 2 atom stereocenters. The van der Waals surface area contributed by atoms with E-state index in [-0.39, 0.29) is 41.9 Å². The Bertz CT molecular complexity index is 1740. The number of anilines is 1. The molecule has 4 aromatic rings. The smallest absolute Gasteiger partial charge is 0.339 e. The van der Waals surface area contributed by atoms with Gasteiger partial charge in [-0.25, -0.2) is 13.5 Å². The van der Waals surface area contributed by atoms with Gasteiger partial charge in [-0.3, -0.25) is 14.6 Å². The molecule has 2 aromatic carbocycles. The standard InChI is InChI=1S/C31H25F5N6O2/c32-19-3-5-20(6-4-19)40-17-38-29(44)30(40)14-22-7-8-23(15-30)41(22)28(43)26-13-27(18-2-1-11-37-16-18)42(39-26)21-9-10-25(33)24(12-21)31(34,35)36/h1-6,9-13,16,22-23H,7-8,14-15,17H2,(H,38,44). The van der Waals surface area contributed by atoms with Crippen molar-refractivity contribution in [1.82, 2.24) is 25.0 Å². The molecule has 0 aliphatic carbocycles. The molecule has 1 spiro atoms. The Morgan fingerprint density at radius 1 is 0.955 bits per heavy atom. The van der Waals surface area contributed by atoms with Gasteiger partial charge in [0.25, 0.3) is 5.91 Å². The minimum Gasteiger partial charge on any atom is -0.339 e. The Morgan fingerprint density at radius 3 is 2.32 bits per heavy atom. The maximum Gasteiger partial charge on any atom is 0.419 e. The molecule has 0 radical (unpaired) electrons. The molecule has 3 fully saturated rings. The highest BCUT2D eigenvalue weighted by atomic mass is 19.4. The number of hydrogen-bond donors (Lipinski definition) is 1. The monoisotopic (exact) mass is 608 g/mol. The van der Waals surface area contributed by atoms with Gasteiger partial charge in [0.15, 0.2) is 5.69 Å². The number of carbonyl (C=O) groups is 2. The predicted molar refractivity (Wildman–Crippen MR) is 149 cm³/mol. The van der Waals surface area contributed by atoms with Crippen molar-refractivity contribution in [3.8, 4) is 16.9 Å². The van der Waals surface area contributed by atoms with Crippen LogP contribution in [0.25, 0.3) is 16.9 Å². The summed E-state index contributed by atoms with van der Waals surface area (Å²) in [5.74, 6) is -2.37. The van der Waals surface area contributed by atoms with Crippen LogP contribution in [0.2, 0.25) is 0 Å². The Morgan fingerprint density at radius 2 is 1.66 bits per heavy atom. The molecule has 3 aliphatic heterocycles. The predicted octanol–water partition coefficient (Wildman–Crippen LogP) is 5.33. The Labute approximate surface area is 248 Å². The van der Waals surface area contributed by atoms with Crippen molar-refractivity contribution in [1.29, 1.82) is 0 Å². The van der Waals surface area contributed by atoms with E-state index >= 15 is 0 Å². The second-order valence-corrected chi connectivity index (χ2v) is 11.3. The lowest BCUT2D eigenvalue weighted by atomic mass is 9.81. The summed E-state index contributed by atoms with van der Waals surface area (Å²) in [4.78, 5) is 35.1. The second-order valence-electron chi connectivity index (χ2n) is 11.3. The van der Waals surface area contributed by atoms with E-state index in [1.807, 2.05) is 4.90 Å². The third-order valence-electron chi connectivity index (χ3n) is 8.86. The molecular weight excluding hydrogens is 583 g/mol. The van der Waals surface area contributed by atoms with E-state index in [1.54, 1.807) is 29.2 Å². The fourth-order valence-corrected chi connectivity index (χ4v) is 6.91. The van der Waals surface area contributed by atoms with E-state index in [0.29, 0.717) is 48.7 Å². The molecule has 2 unspecified atom stereocenters. The number of carbonyl (C=O) groups excluding carboxylic acids is 2. The second kappa shape index (κ2) is 10.1. The van der Waals surface area contributed by atoms with Gasteiger partial charge in [-0.05, 0) is 73.5 Å².